The van der Waals surface area contributed by atoms with Crippen molar-refractivity contribution < 1.29 is 33.7 Å². The lowest BCUT2D eigenvalue weighted by Gasteiger charge is -2.63. The highest BCUT2D eigenvalue weighted by Crippen LogP contribution is 2.72. The summed E-state index contributed by atoms with van der Waals surface area (Å²) in [5.41, 5.74) is -4.26. The lowest BCUT2D eigenvalue weighted by molar-refractivity contribution is -0.251. The fourth-order valence-electron chi connectivity index (χ4n) is 8.29. The van der Waals surface area contributed by atoms with Crippen LogP contribution in [0.3, 0.4) is 0 Å². The minimum Gasteiger partial charge on any atom is -0.390 e. The molecule has 4 fully saturated rings. The molecule has 1 heterocycles. The fraction of sp³-hybridized carbons (Fsp3) is 0.833. The fourth-order valence-corrected chi connectivity index (χ4v) is 8.29. The maximum atomic E-state index is 17.2. The molecule has 0 aromatic carbocycles. The molecular weight excluding hydrogens is 403 g/mol. The molecule has 6 nitrogen and oxygen atoms in total. The lowest BCUT2D eigenvalue weighted by Crippen LogP contribution is -2.70. The Labute approximate surface area is 182 Å². The molecule has 172 valence electrons. The van der Waals surface area contributed by atoms with Gasteiger partial charge in [0.15, 0.2) is 23.0 Å². The summed E-state index contributed by atoms with van der Waals surface area (Å²) in [6.45, 7) is 6.55. The molecule has 0 spiro atoms. The minimum absolute atomic E-state index is 0.0246. The average molecular weight is 437 g/mol. The first-order valence-electron chi connectivity index (χ1n) is 11.5. The van der Waals surface area contributed by atoms with Gasteiger partial charge in [0.25, 0.3) is 0 Å². The standard InChI is InChI=1S/C24H33FO6/c1-20(2)30-19-10-16-15-6-5-13-9-14(27)7-8-21(13,3)23(15,25)17(28)11-22(16,4)24(19,31-20)18(29)12-26/h9,15-17,19,26,28H,5-8,10-12H2,1-4H3/t15?,16?,17?,19?,21-,22-,23-,24+/m0/s1. The van der Waals surface area contributed by atoms with Crippen LogP contribution in [0.4, 0.5) is 4.39 Å². The third kappa shape index (κ3) is 2.36. The number of fused-ring (bicyclic) bond motifs is 7. The summed E-state index contributed by atoms with van der Waals surface area (Å²) in [7, 11) is 0. The molecule has 0 aromatic rings. The number of carbonyl (C=O) groups excluding carboxylic acids is 2. The van der Waals surface area contributed by atoms with E-state index in [0.29, 0.717) is 25.7 Å². The van der Waals surface area contributed by atoms with E-state index in [0.717, 1.165) is 5.57 Å². The number of halogens is 1. The van der Waals surface area contributed by atoms with Crippen LogP contribution in [0.25, 0.3) is 0 Å². The van der Waals surface area contributed by atoms with E-state index >= 15 is 4.39 Å². The first-order valence-corrected chi connectivity index (χ1v) is 11.5. The Kier molecular flexibility index (Phi) is 4.37. The molecule has 5 rings (SSSR count). The molecule has 8 atom stereocenters. The van der Waals surface area contributed by atoms with Crippen molar-refractivity contribution in [2.45, 2.75) is 95.5 Å². The number of rotatable bonds is 2. The van der Waals surface area contributed by atoms with Crippen molar-refractivity contribution in [2.24, 2.45) is 22.7 Å². The SMILES string of the molecule is CC1(C)OC2CC3C4CCC5=CC(=O)CC[C@]5(C)[C@@]4(F)C(O)C[C@]3(C)[C@]2(C(=O)CO)O1. The molecule has 2 N–H and O–H groups in total. The zero-order valence-corrected chi connectivity index (χ0v) is 18.7. The second-order valence-corrected chi connectivity index (χ2v) is 11.3. The molecule has 4 aliphatic carbocycles. The van der Waals surface area contributed by atoms with Crippen molar-refractivity contribution in [1.29, 1.82) is 0 Å². The summed E-state index contributed by atoms with van der Waals surface area (Å²) in [5, 5.41) is 21.2. The molecule has 4 unspecified atom stereocenters. The maximum absolute atomic E-state index is 17.2. The summed E-state index contributed by atoms with van der Waals surface area (Å²) in [6, 6.07) is 0. The Morgan fingerprint density at radius 1 is 1.23 bits per heavy atom. The number of Topliss-reactive ketones (excluding diaryl/α,β-unsaturated/α-hetero) is 1. The molecule has 0 bridgehead atoms. The van der Waals surface area contributed by atoms with E-state index in [1.165, 1.54) is 0 Å². The molecule has 7 heteroatoms. The maximum Gasteiger partial charge on any atom is 0.193 e. The Balaban J connectivity index is 1.63. The van der Waals surface area contributed by atoms with Crippen molar-refractivity contribution in [3.05, 3.63) is 11.6 Å². The Morgan fingerprint density at radius 3 is 2.61 bits per heavy atom. The van der Waals surface area contributed by atoms with Gasteiger partial charge in [-0.3, -0.25) is 9.59 Å². The van der Waals surface area contributed by atoms with Gasteiger partial charge in [0.1, 0.15) is 12.3 Å². The van der Waals surface area contributed by atoms with Crippen LogP contribution >= 0.6 is 0 Å². The number of carbonyl (C=O) groups is 2. The van der Waals surface area contributed by atoms with E-state index < -0.39 is 58.4 Å². The highest BCUT2D eigenvalue weighted by atomic mass is 19.1. The van der Waals surface area contributed by atoms with E-state index in [1.54, 1.807) is 19.9 Å². The summed E-state index contributed by atoms with van der Waals surface area (Å²) in [4.78, 5) is 25.2. The van der Waals surface area contributed by atoms with Crippen molar-refractivity contribution in [2.75, 3.05) is 6.61 Å². The third-order valence-electron chi connectivity index (χ3n) is 9.59. The van der Waals surface area contributed by atoms with Crippen LogP contribution < -0.4 is 0 Å². The van der Waals surface area contributed by atoms with Crippen molar-refractivity contribution in [3.8, 4) is 0 Å². The molecule has 1 saturated heterocycles. The average Bonchev–Trinajstić information content (AvgIpc) is 3.09. The van der Waals surface area contributed by atoms with E-state index in [9.17, 15) is 19.8 Å². The van der Waals surface area contributed by atoms with Gasteiger partial charge in [-0.05, 0) is 57.9 Å². The zero-order chi connectivity index (χ0) is 22.6. The van der Waals surface area contributed by atoms with Crippen LogP contribution in [0.15, 0.2) is 11.6 Å². The molecule has 3 saturated carbocycles. The number of ether oxygens (including phenoxy) is 2. The van der Waals surface area contributed by atoms with Crippen LogP contribution in [0.5, 0.6) is 0 Å². The Hall–Kier alpha value is -1.15. The topological polar surface area (TPSA) is 93.1 Å². The highest BCUT2D eigenvalue weighted by Gasteiger charge is 2.80. The van der Waals surface area contributed by atoms with Gasteiger partial charge in [-0.2, -0.15) is 0 Å². The summed E-state index contributed by atoms with van der Waals surface area (Å²) in [6.07, 6.45) is 1.96. The van der Waals surface area contributed by atoms with Crippen LogP contribution in [0.2, 0.25) is 0 Å². The minimum atomic E-state index is -1.89. The van der Waals surface area contributed by atoms with E-state index in [4.69, 9.17) is 9.47 Å². The molecule has 0 amide bonds. The van der Waals surface area contributed by atoms with E-state index in [2.05, 4.69) is 0 Å². The van der Waals surface area contributed by atoms with E-state index in [-0.39, 0.29) is 24.5 Å². The van der Waals surface area contributed by atoms with Gasteiger partial charge >= 0.3 is 0 Å². The number of hydrogen-bond donors (Lipinski definition) is 2. The lowest BCUT2D eigenvalue weighted by atomic mass is 9.44. The molecule has 31 heavy (non-hydrogen) atoms. The molecule has 0 radical (unpaired) electrons. The monoisotopic (exact) mass is 436 g/mol. The van der Waals surface area contributed by atoms with Gasteiger partial charge in [-0.15, -0.1) is 0 Å². The highest BCUT2D eigenvalue weighted by molar-refractivity contribution is 5.92. The molecule has 1 aliphatic heterocycles. The Morgan fingerprint density at radius 2 is 1.94 bits per heavy atom. The first-order chi connectivity index (χ1) is 14.4. The molecule has 0 aromatic heterocycles. The van der Waals surface area contributed by atoms with Gasteiger partial charge in [-0.1, -0.05) is 19.4 Å². The van der Waals surface area contributed by atoms with Gasteiger partial charge in [0.05, 0.1) is 12.2 Å². The first kappa shape index (κ1) is 21.7. The predicted octanol–water partition coefficient (Wildman–Crippen LogP) is 2.64. The second kappa shape index (κ2) is 6.25. The van der Waals surface area contributed by atoms with Crippen molar-refractivity contribution >= 4 is 11.6 Å². The van der Waals surface area contributed by atoms with Crippen LogP contribution in [0, 0.1) is 22.7 Å². The smallest absolute Gasteiger partial charge is 0.193 e. The number of aliphatic hydroxyl groups excluding tert-OH is 2. The van der Waals surface area contributed by atoms with Crippen molar-refractivity contribution in [1.82, 2.24) is 0 Å². The number of aliphatic hydroxyl groups is 2. The van der Waals surface area contributed by atoms with Gasteiger partial charge in [0.2, 0.25) is 0 Å². The van der Waals surface area contributed by atoms with E-state index in [1.807, 2.05) is 13.8 Å². The summed E-state index contributed by atoms with van der Waals surface area (Å²) < 4.78 is 29.6. The van der Waals surface area contributed by atoms with Crippen LogP contribution in [-0.4, -0.2) is 57.7 Å². The van der Waals surface area contributed by atoms with Crippen LogP contribution in [-0.2, 0) is 19.1 Å². The number of allylic oxidation sites excluding steroid dienone is 1. The predicted molar refractivity (Wildman–Crippen MR) is 109 cm³/mol. The quantitative estimate of drug-likeness (QED) is 0.691. The normalized spacial score (nSPS) is 52.6. The van der Waals surface area contributed by atoms with Gasteiger partial charge in [0, 0.05) is 23.2 Å². The Bertz CT molecular complexity index is 883. The van der Waals surface area contributed by atoms with Gasteiger partial charge in [-0.25, -0.2) is 4.39 Å². The number of ketones is 2. The third-order valence-corrected chi connectivity index (χ3v) is 9.59. The molecule has 5 aliphatic rings. The summed E-state index contributed by atoms with van der Waals surface area (Å²) in [5.74, 6) is -2.17. The summed E-state index contributed by atoms with van der Waals surface area (Å²) >= 11 is 0. The number of hydrogen-bond acceptors (Lipinski definition) is 6. The largest absolute Gasteiger partial charge is 0.390 e. The molecular formula is C24H33FO6. The van der Waals surface area contributed by atoms with Crippen molar-refractivity contribution in [3.63, 3.8) is 0 Å². The van der Waals surface area contributed by atoms with Gasteiger partial charge < -0.3 is 19.7 Å². The number of alkyl halides is 1. The van der Waals surface area contributed by atoms with Crippen LogP contribution in [0.1, 0.15) is 66.2 Å². The second-order valence-electron chi connectivity index (χ2n) is 11.3. The zero-order valence-electron chi connectivity index (χ0n) is 18.7.